The lowest BCUT2D eigenvalue weighted by molar-refractivity contribution is 0.596. The van der Waals surface area contributed by atoms with Crippen molar-refractivity contribution in [3.05, 3.63) is 35.4 Å². The van der Waals surface area contributed by atoms with Crippen LogP contribution in [-0.4, -0.2) is 14.2 Å². The summed E-state index contributed by atoms with van der Waals surface area (Å²) in [5, 5.41) is 0. The van der Waals surface area contributed by atoms with Crippen molar-refractivity contribution < 1.29 is 8.42 Å². The van der Waals surface area contributed by atoms with Gasteiger partial charge in [0.2, 0.25) is 0 Å². The molecule has 0 aliphatic carbocycles. The molecule has 0 radical (unpaired) electrons. The minimum Gasteiger partial charge on any atom is -0.229 e. The smallest absolute Gasteiger partial charge is 0.154 e. The third-order valence-corrected chi connectivity index (χ3v) is 4.10. The van der Waals surface area contributed by atoms with Crippen molar-refractivity contribution in [3.63, 3.8) is 0 Å². The summed E-state index contributed by atoms with van der Waals surface area (Å²) in [5.41, 5.74) is 2.09. The van der Waals surface area contributed by atoms with Gasteiger partial charge >= 0.3 is 0 Å². The summed E-state index contributed by atoms with van der Waals surface area (Å²) in [6, 6.07) is 7.82. The van der Waals surface area contributed by atoms with E-state index >= 15 is 0 Å². The monoisotopic (exact) mass is 226 g/mol. The van der Waals surface area contributed by atoms with Crippen LogP contribution in [-0.2, 0) is 15.6 Å². The van der Waals surface area contributed by atoms with E-state index in [-0.39, 0.29) is 11.5 Å². The Morgan fingerprint density at radius 3 is 2.47 bits per heavy atom. The van der Waals surface area contributed by atoms with E-state index < -0.39 is 9.84 Å². The zero-order valence-corrected chi connectivity index (χ0v) is 10.3. The van der Waals surface area contributed by atoms with Gasteiger partial charge in [0.25, 0.3) is 0 Å². The molecular weight excluding hydrogens is 208 g/mol. The van der Waals surface area contributed by atoms with E-state index in [1.165, 1.54) is 5.56 Å². The average Bonchev–Trinajstić information content (AvgIpc) is 2.17. The fraction of sp³-hybridized carbons (Fsp3) is 0.500. The Labute approximate surface area is 92.2 Å². The fourth-order valence-corrected chi connectivity index (χ4v) is 2.29. The highest BCUT2D eigenvalue weighted by Crippen LogP contribution is 2.17. The van der Waals surface area contributed by atoms with Crippen LogP contribution in [0.2, 0.25) is 0 Å². The largest absolute Gasteiger partial charge is 0.229 e. The first-order chi connectivity index (χ1) is 6.94. The third kappa shape index (κ3) is 3.67. The van der Waals surface area contributed by atoms with E-state index in [1.54, 1.807) is 6.92 Å². The van der Waals surface area contributed by atoms with E-state index in [2.05, 4.69) is 13.8 Å². The van der Waals surface area contributed by atoms with Crippen LogP contribution in [0, 0.1) is 0 Å². The molecule has 0 unspecified atom stereocenters. The molecule has 0 saturated heterocycles. The van der Waals surface area contributed by atoms with Gasteiger partial charge in [-0.1, -0.05) is 45.0 Å². The summed E-state index contributed by atoms with van der Waals surface area (Å²) < 4.78 is 22.9. The van der Waals surface area contributed by atoms with Gasteiger partial charge in [0.1, 0.15) is 0 Å². The molecule has 2 nitrogen and oxygen atoms in total. The SMILES string of the molecule is CCS(=O)(=O)Cc1cccc(C(C)C)c1. The lowest BCUT2D eigenvalue weighted by atomic mass is 10.0. The van der Waals surface area contributed by atoms with Crippen molar-refractivity contribution in [1.29, 1.82) is 0 Å². The average molecular weight is 226 g/mol. The lowest BCUT2D eigenvalue weighted by Crippen LogP contribution is -2.06. The van der Waals surface area contributed by atoms with Crippen molar-refractivity contribution in [2.24, 2.45) is 0 Å². The van der Waals surface area contributed by atoms with Crippen LogP contribution in [0.5, 0.6) is 0 Å². The van der Waals surface area contributed by atoms with Crippen molar-refractivity contribution >= 4 is 9.84 Å². The zero-order valence-electron chi connectivity index (χ0n) is 9.53. The molecule has 0 N–H and O–H groups in total. The standard InChI is InChI=1S/C12H18O2S/c1-4-15(13,14)9-11-6-5-7-12(8-11)10(2)3/h5-8,10H,4,9H2,1-3H3. The maximum absolute atomic E-state index is 11.4. The molecule has 0 aliphatic rings. The summed E-state index contributed by atoms with van der Waals surface area (Å²) in [6.45, 7) is 5.89. The van der Waals surface area contributed by atoms with Gasteiger partial charge in [-0.05, 0) is 17.0 Å². The second-order valence-corrected chi connectivity index (χ2v) is 6.43. The molecule has 0 bridgehead atoms. The maximum Gasteiger partial charge on any atom is 0.154 e. The molecule has 15 heavy (non-hydrogen) atoms. The van der Waals surface area contributed by atoms with Gasteiger partial charge < -0.3 is 0 Å². The van der Waals surface area contributed by atoms with Crippen LogP contribution in [0.15, 0.2) is 24.3 Å². The number of hydrogen-bond donors (Lipinski definition) is 0. The Morgan fingerprint density at radius 2 is 1.93 bits per heavy atom. The summed E-state index contributed by atoms with van der Waals surface area (Å²) in [7, 11) is -2.92. The normalized spacial score (nSPS) is 12.0. The molecule has 0 heterocycles. The predicted octanol–water partition coefficient (Wildman–Crippen LogP) is 2.74. The van der Waals surface area contributed by atoms with Gasteiger partial charge in [-0.3, -0.25) is 0 Å². The second kappa shape index (κ2) is 4.79. The summed E-state index contributed by atoms with van der Waals surface area (Å²) in [6.07, 6.45) is 0. The van der Waals surface area contributed by atoms with Crippen LogP contribution >= 0.6 is 0 Å². The molecule has 0 saturated carbocycles. The van der Waals surface area contributed by atoms with E-state index in [1.807, 2.05) is 24.3 Å². The highest BCUT2D eigenvalue weighted by Gasteiger charge is 2.09. The first kappa shape index (κ1) is 12.2. The predicted molar refractivity (Wildman–Crippen MR) is 63.7 cm³/mol. The van der Waals surface area contributed by atoms with Crippen molar-refractivity contribution in [3.8, 4) is 0 Å². The zero-order chi connectivity index (χ0) is 11.5. The Balaban J connectivity index is 2.92. The van der Waals surface area contributed by atoms with Gasteiger partial charge in [-0.15, -0.1) is 0 Å². The van der Waals surface area contributed by atoms with Gasteiger partial charge in [0, 0.05) is 5.75 Å². The van der Waals surface area contributed by atoms with Gasteiger partial charge in [-0.2, -0.15) is 0 Å². The molecule has 1 aromatic carbocycles. The fourth-order valence-electron chi connectivity index (χ4n) is 1.40. The first-order valence-corrected chi connectivity index (χ1v) is 7.06. The van der Waals surface area contributed by atoms with E-state index in [0.717, 1.165) is 5.56 Å². The summed E-state index contributed by atoms with van der Waals surface area (Å²) in [5.74, 6) is 0.803. The molecule has 1 rings (SSSR count). The Morgan fingerprint density at radius 1 is 1.27 bits per heavy atom. The second-order valence-electron chi connectivity index (χ2n) is 4.08. The molecule has 1 aromatic rings. The Kier molecular flexibility index (Phi) is 3.91. The number of hydrogen-bond acceptors (Lipinski definition) is 2. The van der Waals surface area contributed by atoms with E-state index in [9.17, 15) is 8.42 Å². The summed E-state index contributed by atoms with van der Waals surface area (Å²) >= 11 is 0. The molecule has 0 fully saturated rings. The van der Waals surface area contributed by atoms with Crippen molar-refractivity contribution in [2.75, 3.05) is 5.75 Å². The molecule has 0 atom stereocenters. The van der Waals surface area contributed by atoms with Crippen LogP contribution in [0.25, 0.3) is 0 Å². The molecule has 0 aromatic heterocycles. The van der Waals surface area contributed by atoms with E-state index in [0.29, 0.717) is 5.92 Å². The summed E-state index contributed by atoms with van der Waals surface area (Å²) in [4.78, 5) is 0. The maximum atomic E-state index is 11.4. The highest BCUT2D eigenvalue weighted by atomic mass is 32.2. The lowest BCUT2D eigenvalue weighted by Gasteiger charge is -2.07. The number of rotatable bonds is 4. The van der Waals surface area contributed by atoms with Crippen molar-refractivity contribution in [1.82, 2.24) is 0 Å². The van der Waals surface area contributed by atoms with Gasteiger partial charge in [0.05, 0.1) is 5.75 Å². The van der Waals surface area contributed by atoms with Gasteiger partial charge in [0.15, 0.2) is 9.84 Å². The van der Waals surface area contributed by atoms with Crippen LogP contribution < -0.4 is 0 Å². The van der Waals surface area contributed by atoms with Crippen molar-refractivity contribution in [2.45, 2.75) is 32.4 Å². The van der Waals surface area contributed by atoms with Gasteiger partial charge in [-0.25, -0.2) is 8.42 Å². The highest BCUT2D eigenvalue weighted by molar-refractivity contribution is 7.90. The van der Waals surface area contributed by atoms with Crippen LogP contribution in [0.4, 0.5) is 0 Å². The first-order valence-electron chi connectivity index (χ1n) is 5.24. The molecule has 84 valence electrons. The number of benzene rings is 1. The Bertz CT molecular complexity index is 419. The number of sulfone groups is 1. The molecule has 3 heteroatoms. The molecule has 0 spiro atoms. The van der Waals surface area contributed by atoms with E-state index in [4.69, 9.17) is 0 Å². The minimum absolute atomic E-state index is 0.157. The minimum atomic E-state index is -2.92. The third-order valence-electron chi connectivity index (χ3n) is 2.44. The topological polar surface area (TPSA) is 34.1 Å². The molecular formula is C12H18O2S. The van der Waals surface area contributed by atoms with Crippen LogP contribution in [0.1, 0.15) is 37.8 Å². The molecule has 0 aliphatic heterocycles. The Hall–Kier alpha value is -0.830. The molecule has 0 amide bonds. The van der Waals surface area contributed by atoms with Crippen LogP contribution in [0.3, 0.4) is 0 Å². The quantitative estimate of drug-likeness (QED) is 0.791.